The van der Waals surface area contributed by atoms with Crippen LogP contribution in [0.25, 0.3) is 0 Å². The van der Waals surface area contributed by atoms with E-state index in [9.17, 15) is 9.59 Å². The summed E-state index contributed by atoms with van der Waals surface area (Å²) in [6, 6.07) is 10.3. The number of benzene rings is 1. The van der Waals surface area contributed by atoms with Crippen molar-refractivity contribution >= 4 is 45.7 Å². The molecule has 0 aliphatic carbocycles. The van der Waals surface area contributed by atoms with E-state index < -0.39 is 24.5 Å². The molecule has 32 heavy (non-hydrogen) atoms. The third-order valence-electron chi connectivity index (χ3n) is 4.65. The van der Waals surface area contributed by atoms with Gasteiger partial charge in [-0.15, -0.1) is 17.9 Å². The molecule has 0 fully saturated rings. The summed E-state index contributed by atoms with van der Waals surface area (Å²) >= 11 is 7.24. The number of hydrogen-bond acceptors (Lipinski definition) is 8. The minimum atomic E-state index is -0.683. The summed E-state index contributed by atoms with van der Waals surface area (Å²) in [5.74, 6) is -0.560. The minimum absolute atomic E-state index is 0.128. The molecule has 1 N–H and O–H groups in total. The molecule has 0 spiro atoms. The Morgan fingerprint density at radius 2 is 2.16 bits per heavy atom. The van der Waals surface area contributed by atoms with Crippen molar-refractivity contribution in [2.75, 3.05) is 18.5 Å². The minimum Gasteiger partial charge on any atom is -0.467 e. The smallest absolute Gasteiger partial charge is 0.358 e. The molecule has 0 bridgehead atoms. The lowest BCUT2D eigenvalue weighted by molar-refractivity contribution is -0.136. The number of carbonyl (C=O) groups is 2. The first kappa shape index (κ1) is 21.8. The Labute approximate surface area is 193 Å². The highest BCUT2D eigenvalue weighted by Crippen LogP contribution is 2.33. The topological polar surface area (TPSA) is 97.0 Å². The van der Waals surface area contributed by atoms with Gasteiger partial charge < -0.3 is 14.5 Å². The SMILES string of the molecule is C=CCNc1nc(C(=O)OCC(=O)N2N=C(c3ccc(Cl)cc3)C[C@H]2c2ccco2)cs1. The second-order valence-electron chi connectivity index (χ2n) is 6.81. The van der Waals surface area contributed by atoms with Crippen LogP contribution in [0, 0.1) is 0 Å². The third kappa shape index (κ3) is 4.90. The molecule has 2 aromatic heterocycles. The van der Waals surface area contributed by atoms with Crippen molar-refractivity contribution in [2.45, 2.75) is 12.5 Å². The van der Waals surface area contributed by atoms with Gasteiger partial charge in [0.2, 0.25) is 0 Å². The molecular weight excluding hydrogens is 452 g/mol. The van der Waals surface area contributed by atoms with Gasteiger partial charge in [0.25, 0.3) is 5.91 Å². The average Bonchev–Trinajstić information content (AvgIpc) is 3.56. The third-order valence-corrected chi connectivity index (χ3v) is 5.70. The lowest BCUT2D eigenvalue weighted by atomic mass is 10.0. The first-order valence-electron chi connectivity index (χ1n) is 9.71. The number of amides is 1. The first-order chi connectivity index (χ1) is 15.5. The van der Waals surface area contributed by atoms with Gasteiger partial charge in [-0.2, -0.15) is 5.10 Å². The number of anilines is 1. The van der Waals surface area contributed by atoms with Crippen molar-refractivity contribution in [1.29, 1.82) is 0 Å². The predicted molar refractivity (Wildman–Crippen MR) is 122 cm³/mol. The number of furan rings is 1. The van der Waals surface area contributed by atoms with Gasteiger partial charge in [0.1, 0.15) is 11.8 Å². The molecule has 1 atom stereocenters. The van der Waals surface area contributed by atoms with Crippen LogP contribution >= 0.6 is 22.9 Å². The molecule has 1 aromatic carbocycles. The van der Waals surface area contributed by atoms with Crippen LogP contribution in [0.5, 0.6) is 0 Å². The predicted octanol–water partition coefficient (Wildman–Crippen LogP) is 4.52. The van der Waals surface area contributed by atoms with Gasteiger partial charge in [0.05, 0.1) is 12.0 Å². The number of ether oxygens (including phenoxy) is 1. The molecule has 3 heterocycles. The Bertz CT molecular complexity index is 1140. The van der Waals surface area contributed by atoms with Gasteiger partial charge in [0.15, 0.2) is 17.4 Å². The Hall–Kier alpha value is -3.43. The Morgan fingerprint density at radius 3 is 2.88 bits per heavy atom. The van der Waals surface area contributed by atoms with Crippen LogP contribution in [-0.4, -0.2) is 40.7 Å². The number of aromatic nitrogens is 1. The van der Waals surface area contributed by atoms with Gasteiger partial charge in [0, 0.05) is 23.4 Å². The van der Waals surface area contributed by atoms with Gasteiger partial charge >= 0.3 is 5.97 Å². The van der Waals surface area contributed by atoms with Crippen LogP contribution < -0.4 is 5.32 Å². The molecule has 1 aliphatic rings. The van der Waals surface area contributed by atoms with E-state index in [2.05, 4.69) is 22.0 Å². The van der Waals surface area contributed by atoms with Crippen molar-refractivity contribution in [3.8, 4) is 0 Å². The van der Waals surface area contributed by atoms with Crippen molar-refractivity contribution in [2.24, 2.45) is 5.10 Å². The Morgan fingerprint density at radius 1 is 1.34 bits per heavy atom. The second-order valence-corrected chi connectivity index (χ2v) is 8.11. The van der Waals surface area contributed by atoms with E-state index in [4.69, 9.17) is 20.8 Å². The van der Waals surface area contributed by atoms with Crippen LogP contribution in [0.1, 0.15) is 34.3 Å². The van der Waals surface area contributed by atoms with Crippen LogP contribution in [0.3, 0.4) is 0 Å². The molecule has 1 aliphatic heterocycles. The van der Waals surface area contributed by atoms with Crippen molar-refractivity contribution in [1.82, 2.24) is 9.99 Å². The molecule has 164 valence electrons. The van der Waals surface area contributed by atoms with Crippen LogP contribution in [0.4, 0.5) is 5.13 Å². The summed E-state index contributed by atoms with van der Waals surface area (Å²) in [5, 5.41) is 11.5. The van der Waals surface area contributed by atoms with Gasteiger partial charge in [-0.3, -0.25) is 4.79 Å². The number of hydrogen-bond donors (Lipinski definition) is 1. The van der Waals surface area contributed by atoms with E-state index in [1.165, 1.54) is 16.3 Å². The van der Waals surface area contributed by atoms with Gasteiger partial charge in [-0.05, 0) is 29.8 Å². The molecule has 0 saturated heterocycles. The van der Waals surface area contributed by atoms with E-state index in [0.29, 0.717) is 34.6 Å². The number of rotatable bonds is 8. The zero-order valence-corrected chi connectivity index (χ0v) is 18.4. The highest BCUT2D eigenvalue weighted by Gasteiger charge is 2.35. The number of hydrazone groups is 1. The number of carbonyl (C=O) groups excluding carboxylic acids is 2. The number of thiazole rings is 1. The molecule has 1 amide bonds. The lowest BCUT2D eigenvalue weighted by Crippen LogP contribution is -2.31. The summed E-state index contributed by atoms with van der Waals surface area (Å²) in [5.41, 5.74) is 1.68. The largest absolute Gasteiger partial charge is 0.467 e. The fraction of sp³-hybridized carbons (Fsp3) is 0.182. The van der Waals surface area contributed by atoms with Crippen LogP contribution in [-0.2, 0) is 9.53 Å². The van der Waals surface area contributed by atoms with E-state index >= 15 is 0 Å². The molecule has 0 radical (unpaired) electrons. The fourth-order valence-electron chi connectivity index (χ4n) is 3.14. The Kier molecular flexibility index (Phi) is 6.67. The number of nitrogens with zero attached hydrogens (tertiary/aromatic N) is 3. The first-order valence-corrected chi connectivity index (χ1v) is 11.0. The van der Waals surface area contributed by atoms with Gasteiger partial charge in [-0.25, -0.2) is 14.8 Å². The van der Waals surface area contributed by atoms with Crippen molar-refractivity contribution in [3.05, 3.63) is 82.7 Å². The zero-order valence-electron chi connectivity index (χ0n) is 16.9. The lowest BCUT2D eigenvalue weighted by Gasteiger charge is -2.19. The van der Waals surface area contributed by atoms with Gasteiger partial charge in [-0.1, -0.05) is 29.8 Å². The Balaban J connectivity index is 1.45. The number of halogens is 1. The number of nitrogens with one attached hydrogen (secondary N) is 1. The molecule has 0 saturated carbocycles. The summed E-state index contributed by atoms with van der Waals surface area (Å²) in [6.07, 6.45) is 3.68. The zero-order chi connectivity index (χ0) is 22.5. The highest BCUT2D eigenvalue weighted by molar-refractivity contribution is 7.13. The average molecular weight is 471 g/mol. The molecule has 8 nitrogen and oxygen atoms in total. The van der Waals surface area contributed by atoms with E-state index in [1.54, 1.807) is 42.0 Å². The molecule has 0 unspecified atom stereocenters. The van der Waals surface area contributed by atoms with Crippen LogP contribution in [0.2, 0.25) is 5.02 Å². The van der Waals surface area contributed by atoms with E-state index in [-0.39, 0.29) is 5.69 Å². The second kappa shape index (κ2) is 9.80. The fourth-order valence-corrected chi connectivity index (χ4v) is 3.95. The molecule has 3 aromatic rings. The van der Waals surface area contributed by atoms with Crippen molar-refractivity contribution in [3.63, 3.8) is 0 Å². The maximum atomic E-state index is 12.9. The quantitative estimate of drug-likeness (QED) is 0.384. The van der Waals surface area contributed by atoms with E-state index in [0.717, 1.165) is 5.56 Å². The summed E-state index contributed by atoms with van der Waals surface area (Å²) in [6.45, 7) is 3.67. The number of esters is 1. The van der Waals surface area contributed by atoms with Crippen molar-refractivity contribution < 1.29 is 18.7 Å². The molecular formula is C22H19ClN4O4S. The molecule has 4 rings (SSSR count). The normalized spacial score (nSPS) is 15.3. The maximum absolute atomic E-state index is 12.9. The molecule has 10 heteroatoms. The van der Waals surface area contributed by atoms with Crippen LogP contribution in [0.15, 0.2) is 70.2 Å². The summed E-state index contributed by atoms with van der Waals surface area (Å²) in [7, 11) is 0. The maximum Gasteiger partial charge on any atom is 0.358 e. The standard InChI is InChI=1S/C22H19ClN4O4S/c1-2-9-24-22-25-17(13-32-22)21(29)31-12-20(28)27-18(19-4-3-10-30-19)11-16(26-27)14-5-7-15(23)8-6-14/h2-8,10,13,18H,1,9,11-12H2,(H,24,25)/t18-/m0/s1. The summed E-state index contributed by atoms with van der Waals surface area (Å²) in [4.78, 5) is 29.4. The van der Waals surface area contributed by atoms with E-state index in [1.807, 2.05) is 12.1 Å². The highest BCUT2D eigenvalue weighted by atomic mass is 35.5. The summed E-state index contributed by atoms with van der Waals surface area (Å²) < 4.78 is 10.7. The monoisotopic (exact) mass is 470 g/mol.